The SMILES string of the molecule is Cn1c(=O)c2ccc(F)cc2n2nc(-c3ccnc(C(F)(F)F)c3)cc12. The molecule has 5 nitrogen and oxygen atoms in total. The molecule has 0 fully saturated rings. The maximum absolute atomic E-state index is 13.6. The summed E-state index contributed by atoms with van der Waals surface area (Å²) >= 11 is 0. The highest BCUT2D eigenvalue weighted by Gasteiger charge is 2.32. The molecule has 132 valence electrons. The first kappa shape index (κ1) is 16.2. The molecule has 0 aliphatic rings. The van der Waals surface area contributed by atoms with Gasteiger partial charge in [0.25, 0.3) is 5.56 Å². The lowest BCUT2D eigenvalue weighted by molar-refractivity contribution is -0.141. The van der Waals surface area contributed by atoms with E-state index < -0.39 is 17.7 Å². The summed E-state index contributed by atoms with van der Waals surface area (Å²) in [5, 5.41) is 4.52. The number of hydrogen-bond donors (Lipinski definition) is 0. The van der Waals surface area contributed by atoms with E-state index in [4.69, 9.17) is 0 Å². The number of pyridine rings is 1. The lowest BCUT2D eigenvalue weighted by Gasteiger charge is -2.06. The molecule has 3 heterocycles. The Morgan fingerprint density at radius 3 is 2.58 bits per heavy atom. The molecule has 0 unspecified atom stereocenters. The van der Waals surface area contributed by atoms with Gasteiger partial charge in [0.05, 0.1) is 16.6 Å². The van der Waals surface area contributed by atoms with Crippen LogP contribution in [0.3, 0.4) is 0 Å². The summed E-state index contributed by atoms with van der Waals surface area (Å²) in [5.41, 5.74) is -0.438. The van der Waals surface area contributed by atoms with E-state index in [-0.39, 0.29) is 27.7 Å². The first-order valence-corrected chi connectivity index (χ1v) is 7.47. The van der Waals surface area contributed by atoms with Crippen LogP contribution in [0.5, 0.6) is 0 Å². The summed E-state index contributed by atoms with van der Waals surface area (Å²) < 4.78 is 54.9. The molecule has 0 aliphatic heterocycles. The fraction of sp³-hybridized carbons (Fsp3) is 0.118. The van der Waals surface area contributed by atoms with Crippen molar-refractivity contribution in [2.24, 2.45) is 7.05 Å². The summed E-state index contributed by atoms with van der Waals surface area (Å²) in [6, 6.07) is 7.41. The van der Waals surface area contributed by atoms with Gasteiger partial charge >= 0.3 is 6.18 Å². The van der Waals surface area contributed by atoms with E-state index in [0.29, 0.717) is 5.65 Å². The summed E-state index contributed by atoms with van der Waals surface area (Å²) in [4.78, 5) is 15.7. The van der Waals surface area contributed by atoms with Crippen molar-refractivity contribution >= 4 is 16.6 Å². The second kappa shape index (κ2) is 5.38. The molecule has 0 saturated heterocycles. The molecule has 26 heavy (non-hydrogen) atoms. The summed E-state index contributed by atoms with van der Waals surface area (Å²) in [7, 11) is 1.51. The largest absolute Gasteiger partial charge is 0.433 e. The summed E-state index contributed by atoms with van der Waals surface area (Å²) in [5.74, 6) is -0.549. The lowest BCUT2D eigenvalue weighted by Crippen LogP contribution is -2.19. The Kier molecular flexibility index (Phi) is 3.36. The van der Waals surface area contributed by atoms with E-state index in [2.05, 4.69) is 10.1 Å². The molecule has 0 aliphatic carbocycles. The Morgan fingerprint density at radius 1 is 1.08 bits per heavy atom. The highest BCUT2D eigenvalue weighted by molar-refractivity contribution is 5.81. The smallest absolute Gasteiger partial charge is 0.296 e. The Morgan fingerprint density at radius 2 is 1.85 bits per heavy atom. The molecule has 0 spiro atoms. The van der Waals surface area contributed by atoms with Crippen molar-refractivity contribution in [1.82, 2.24) is 19.2 Å². The zero-order valence-electron chi connectivity index (χ0n) is 13.3. The third kappa shape index (κ3) is 2.43. The number of aryl methyl sites for hydroxylation is 1. The molecule has 0 saturated carbocycles. The third-order valence-electron chi connectivity index (χ3n) is 4.10. The fourth-order valence-corrected chi connectivity index (χ4v) is 2.82. The van der Waals surface area contributed by atoms with Crippen molar-refractivity contribution in [3.05, 3.63) is 64.5 Å². The van der Waals surface area contributed by atoms with Gasteiger partial charge in [0, 0.05) is 30.9 Å². The van der Waals surface area contributed by atoms with Crippen LogP contribution in [0.1, 0.15) is 5.69 Å². The Bertz CT molecular complexity index is 1220. The molecule has 9 heteroatoms. The third-order valence-corrected chi connectivity index (χ3v) is 4.10. The molecule has 4 aromatic rings. The highest BCUT2D eigenvalue weighted by atomic mass is 19.4. The average molecular weight is 362 g/mol. The Hall–Kier alpha value is -3.23. The van der Waals surface area contributed by atoms with Gasteiger partial charge in [0.1, 0.15) is 17.2 Å². The molecule has 0 radical (unpaired) electrons. The maximum atomic E-state index is 13.6. The number of fused-ring (bicyclic) bond motifs is 3. The molecule has 1 aromatic carbocycles. The second-order valence-electron chi connectivity index (χ2n) is 5.75. The number of aromatic nitrogens is 4. The van der Waals surface area contributed by atoms with Crippen molar-refractivity contribution in [1.29, 1.82) is 0 Å². The number of rotatable bonds is 1. The van der Waals surface area contributed by atoms with Crippen molar-refractivity contribution in [2.75, 3.05) is 0 Å². The van der Waals surface area contributed by atoms with Crippen molar-refractivity contribution in [2.45, 2.75) is 6.18 Å². The second-order valence-corrected chi connectivity index (χ2v) is 5.75. The van der Waals surface area contributed by atoms with Gasteiger partial charge in [-0.25, -0.2) is 8.91 Å². The molecular weight excluding hydrogens is 352 g/mol. The van der Waals surface area contributed by atoms with Gasteiger partial charge in [0.2, 0.25) is 0 Å². The fourth-order valence-electron chi connectivity index (χ4n) is 2.82. The van der Waals surface area contributed by atoms with Gasteiger partial charge in [-0.05, 0) is 24.3 Å². The Labute approximate surface area is 143 Å². The van der Waals surface area contributed by atoms with Gasteiger partial charge in [-0.2, -0.15) is 18.3 Å². The number of alkyl halides is 3. The maximum Gasteiger partial charge on any atom is 0.433 e. The minimum atomic E-state index is -4.59. The number of halogens is 4. The van der Waals surface area contributed by atoms with Crippen LogP contribution >= 0.6 is 0 Å². The monoisotopic (exact) mass is 362 g/mol. The number of benzene rings is 1. The van der Waals surface area contributed by atoms with Crippen molar-refractivity contribution < 1.29 is 17.6 Å². The normalized spacial score (nSPS) is 12.2. The zero-order valence-corrected chi connectivity index (χ0v) is 13.3. The van der Waals surface area contributed by atoms with Crippen molar-refractivity contribution in [3.8, 4) is 11.3 Å². The molecule has 0 N–H and O–H groups in total. The highest BCUT2D eigenvalue weighted by Crippen LogP contribution is 2.30. The Balaban J connectivity index is 2.02. The van der Waals surface area contributed by atoms with E-state index in [1.54, 1.807) is 0 Å². The van der Waals surface area contributed by atoms with Crippen LogP contribution in [-0.4, -0.2) is 19.2 Å². The molecule has 4 rings (SSSR count). The van der Waals surface area contributed by atoms with Gasteiger partial charge in [-0.15, -0.1) is 0 Å². The van der Waals surface area contributed by atoms with E-state index in [0.717, 1.165) is 18.3 Å². The zero-order chi connectivity index (χ0) is 18.6. The first-order chi connectivity index (χ1) is 12.3. The van der Waals surface area contributed by atoms with E-state index >= 15 is 0 Å². The van der Waals surface area contributed by atoms with Crippen LogP contribution < -0.4 is 5.56 Å². The standard InChI is InChI=1S/C17H10F4N4O/c1-24-15-8-12(9-4-5-22-14(6-9)17(19,20)21)23-25(15)13-7-10(18)2-3-11(13)16(24)26/h2-8H,1H3. The van der Waals surface area contributed by atoms with E-state index in [1.165, 1.54) is 40.4 Å². The predicted molar refractivity (Wildman–Crippen MR) is 86.1 cm³/mol. The van der Waals surface area contributed by atoms with Gasteiger partial charge in [-0.1, -0.05) is 0 Å². The molecule has 0 atom stereocenters. The van der Waals surface area contributed by atoms with Gasteiger partial charge in [-0.3, -0.25) is 14.3 Å². The van der Waals surface area contributed by atoms with Crippen LogP contribution in [0.15, 0.2) is 47.4 Å². The minimum Gasteiger partial charge on any atom is -0.296 e. The van der Waals surface area contributed by atoms with Crippen molar-refractivity contribution in [3.63, 3.8) is 0 Å². The topological polar surface area (TPSA) is 52.2 Å². The molecule has 3 aromatic heterocycles. The van der Waals surface area contributed by atoms with E-state index in [9.17, 15) is 22.4 Å². The van der Waals surface area contributed by atoms with Gasteiger partial charge in [0.15, 0.2) is 0 Å². The van der Waals surface area contributed by atoms with Crippen LogP contribution in [0, 0.1) is 5.82 Å². The van der Waals surface area contributed by atoms with Crippen LogP contribution in [-0.2, 0) is 13.2 Å². The average Bonchev–Trinajstić information content (AvgIpc) is 3.05. The first-order valence-electron chi connectivity index (χ1n) is 7.47. The van der Waals surface area contributed by atoms with Crippen LogP contribution in [0.2, 0.25) is 0 Å². The van der Waals surface area contributed by atoms with Crippen LogP contribution in [0.25, 0.3) is 27.8 Å². The molecular formula is C17H10F4N4O. The lowest BCUT2D eigenvalue weighted by atomic mass is 10.1. The predicted octanol–water partition coefficient (Wildman–Crippen LogP) is 3.41. The van der Waals surface area contributed by atoms with Crippen LogP contribution in [0.4, 0.5) is 17.6 Å². The van der Waals surface area contributed by atoms with E-state index in [1.807, 2.05) is 0 Å². The molecule has 0 amide bonds. The summed E-state index contributed by atoms with van der Waals surface area (Å²) in [6.45, 7) is 0. The molecule has 0 bridgehead atoms. The summed E-state index contributed by atoms with van der Waals surface area (Å²) in [6.07, 6.45) is -3.54. The number of hydrogen-bond acceptors (Lipinski definition) is 3. The quantitative estimate of drug-likeness (QED) is 0.488. The van der Waals surface area contributed by atoms with Gasteiger partial charge < -0.3 is 0 Å². The number of nitrogens with zero attached hydrogens (tertiary/aromatic N) is 4. The minimum absolute atomic E-state index is 0.188.